The highest BCUT2D eigenvalue weighted by Crippen LogP contribution is 2.20. The first-order valence-corrected chi connectivity index (χ1v) is 4.46. The predicted octanol–water partition coefficient (Wildman–Crippen LogP) is 2.41. The lowest BCUT2D eigenvalue weighted by Crippen LogP contribution is -2.07. The average Bonchev–Trinajstić information content (AvgIpc) is 2.06. The van der Waals surface area contributed by atoms with Gasteiger partial charge in [0.2, 0.25) is 0 Å². The van der Waals surface area contributed by atoms with Crippen molar-refractivity contribution in [2.45, 2.75) is 4.90 Å². The number of anilines is 1. The molecule has 0 fully saturated rings. The maximum atomic E-state index is 4.93. The smallest absolute Gasteiger partial charge is 0.0508 e. The van der Waals surface area contributed by atoms with E-state index in [4.69, 9.17) is 4.18 Å². The fourth-order valence-electron chi connectivity index (χ4n) is 0.896. The molecule has 0 heterocycles. The Bertz CT molecular complexity index is 233. The molecule has 66 valence electrons. The van der Waals surface area contributed by atoms with Crippen molar-refractivity contribution in [3.8, 4) is 0 Å². The van der Waals surface area contributed by atoms with Crippen LogP contribution in [0.5, 0.6) is 0 Å². The van der Waals surface area contributed by atoms with E-state index in [0.29, 0.717) is 0 Å². The van der Waals surface area contributed by atoms with E-state index in [0.717, 1.165) is 4.90 Å². The van der Waals surface area contributed by atoms with Gasteiger partial charge in [-0.2, -0.15) is 0 Å². The minimum absolute atomic E-state index is 1.13. The first-order chi connectivity index (χ1) is 5.74. The van der Waals surface area contributed by atoms with Crippen LogP contribution in [0.3, 0.4) is 0 Å². The molecule has 0 aromatic heterocycles. The zero-order valence-electron chi connectivity index (χ0n) is 7.57. The third-order valence-electron chi connectivity index (χ3n) is 1.53. The van der Waals surface area contributed by atoms with Gasteiger partial charge < -0.3 is 9.08 Å². The summed E-state index contributed by atoms with van der Waals surface area (Å²) >= 11 is 1.38. The van der Waals surface area contributed by atoms with Gasteiger partial charge in [0, 0.05) is 36.7 Å². The molecule has 2 nitrogen and oxygen atoms in total. The molecule has 0 unspecified atom stereocenters. The summed E-state index contributed by atoms with van der Waals surface area (Å²) in [5.74, 6) is 0. The van der Waals surface area contributed by atoms with E-state index in [1.807, 2.05) is 26.2 Å². The van der Waals surface area contributed by atoms with Gasteiger partial charge in [-0.15, -0.1) is 0 Å². The topological polar surface area (TPSA) is 12.5 Å². The Labute approximate surface area is 77.7 Å². The molecule has 1 rings (SSSR count). The van der Waals surface area contributed by atoms with Crippen molar-refractivity contribution in [2.24, 2.45) is 0 Å². The number of rotatable bonds is 3. The van der Waals surface area contributed by atoms with Crippen LogP contribution in [-0.2, 0) is 4.18 Å². The second-order valence-electron chi connectivity index (χ2n) is 2.64. The normalized spacial score (nSPS) is 9.92. The molecule has 0 aliphatic rings. The summed E-state index contributed by atoms with van der Waals surface area (Å²) in [5, 5.41) is 0. The van der Waals surface area contributed by atoms with Crippen LogP contribution < -0.4 is 4.90 Å². The molecular formula is C9H13NOS. The molecule has 3 heteroatoms. The standard InChI is InChI=1S/C9H13NOS/c1-10(2)8-4-6-9(7-5-8)12-11-3/h4-7H,1-3H3. The van der Waals surface area contributed by atoms with E-state index in [9.17, 15) is 0 Å². The van der Waals surface area contributed by atoms with Gasteiger partial charge in [0.1, 0.15) is 0 Å². The highest BCUT2D eigenvalue weighted by Gasteiger charge is 1.95. The molecule has 1 aromatic carbocycles. The first-order valence-electron chi connectivity index (χ1n) is 3.72. The van der Waals surface area contributed by atoms with Gasteiger partial charge in [-0.05, 0) is 24.3 Å². The maximum absolute atomic E-state index is 4.93. The lowest BCUT2D eigenvalue weighted by molar-refractivity contribution is 0.490. The quantitative estimate of drug-likeness (QED) is 0.668. The molecule has 0 radical (unpaired) electrons. The summed E-state index contributed by atoms with van der Waals surface area (Å²) in [6, 6.07) is 8.23. The molecule has 0 aliphatic carbocycles. The molecule has 0 bridgehead atoms. The number of benzene rings is 1. The molecule has 12 heavy (non-hydrogen) atoms. The Hall–Kier alpha value is -0.670. The van der Waals surface area contributed by atoms with Crippen LogP contribution in [0.2, 0.25) is 0 Å². The molecule has 0 amide bonds. The zero-order chi connectivity index (χ0) is 8.97. The second kappa shape index (κ2) is 4.38. The summed E-state index contributed by atoms with van der Waals surface area (Å²) in [4.78, 5) is 3.20. The maximum Gasteiger partial charge on any atom is 0.0508 e. The Balaban J connectivity index is 2.71. The van der Waals surface area contributed by atoms with Crippen molar-refractivity contribution in [1.82, 2.24) is 0 Å². The lowest BCUT2D eigenvalue weighted by atomic mass is 10.3. The molecule has 0 N–H and O–H groups in total. The molecule has 1 aromatic rings. The summed E-state index contributed by atoms with van der Waals surface area (Å²) in [6.07, 6.45) is 0. The molecule has 0 aliphatic heterocycles. The van der Waals surface area contributed by atoms with Gasteiger partial charge in [-0.25, -0.2) is 0 Å². The van der Waals surface area contributed by atoms with Crippen LogP contribution in [-0.4, -0.2) is 21.2 Å². The summed E-state index contributed by atoms with van der Waals surface area (Å²) in [7, 11) is 5.72. The van der Waals surface area contributed by atoms with E-state index < -0.39 is 0 Å². The van der Waals surface area contributed by atoms with Crippen molar-refractivity contribution in [1.29, 1.82) is 0 Å². The number of nitrogens with zero attached hydrogens (tertiary/aromatic N) is 1. The Morgan fingerprint density at radius 2 is 1.75 bits per heavy atom. The van der Waals surface area contributed by atoms with E-state index in [1.54, 1.807) is 7.11 Å². The number of hydrogen-bond donors (Lipinski definition) is 0. The summed E-state index contributed by atoms with van der Waals surface area (Å²) < 4.78 is 4.93. The lowest BCUT2D eigenvalue weighted by Gasteiger charge is -2.11. The minimum Gasteiger partial charge on any atom is -0.378 e. The Kier molecular flexibility index (Phi) is 3.44. The largest absolute Gasteiger partial charge is 0.378 e. The monoisotopic (exact) mass is 183 g/mol. The van der Waals surface area contributed by atoms with Crippen LogP contribution in [0.25, 0.3) is 0 Å². The highest BCUT2D eigenvalue weighted by atomic mass is 32.2. The van der Waals surface area contributed by atoms with Crippen molar-refractivity contribution >= 4 is 17.7 Å². The van der Waals surface area contributed by atoms with Gasteiger partial charge in [-0.1, -0.05) is 0 Å². The molecule has 0 saturated heterocycles. The fraction of sp³-hybridized carbons (Fsp3) is 0.333. The molecular weight excluding hydrogens is 170 g/mol. The van der Waals surface area contributed by atoms with E-state index in [1.165, 1.54) is 17.7 Å². The van der Waals surface area contributed by atoms with Crippen molar-refractivity contribution < 1.29 is 4.18 Å². The van der Waals surface area contributed by atoms with Crippen molar-refractivity contribution in [3.05, 3.63) is 24.3 Å². The van der Waals surface area contributed by atoms with Gasteiger partial charge in [0.15, 0.2) is 0 Å². The fourth-order valence-corrected chi connectivity index (χ4v) is 1.34. The third kappa shape index (κ3) is 2.43. The van der Waals surface area contributed by atoms with E-state index in [-0.39, 0.29) is 0 Å². The first kappa shape index (κ1) is 9.42. The summed E-state index contributed by atoms with van der Waals surface area (Å²) in [5.41, 5.74) is 1.20. The van der Waals surface area contributed by atoms with Gasteiger partial charge >= 0.3 is 0 Å². The van der Waals surface area contributed by atoms with Crippen LogP contribution >= 0.6 is 12.0 Å². The van der Waals surface area contributed by atoms with Crippen LogP contribution in [0.1, 0.15) is 0 Å². The number of hydrogen-bond acceptors (Lipinski definition) is 3. The predicted molar refractivity (Wildman–Crippen MR) is 53.6 cm³/mol. The molecule has 0 saturated carbocycles. The minimum atomic E-state index is 1.13. The van der Waals surface area contributed by atoms with E-state index in [2.05, 4.69) is 17.0 Å². The summed E-state index contributed by atoms with van der Waals surface area (Å²) in [6.45, 7) is 0. The van der Waals surface area contributed by atoms with E-state index >= 15 is 0 Å². The third-order valence-corrected chi connectivity index (χ3v) is 2.16. The SMILES string of the molecule is COSc1ccc(N(C)C)cc1. The van der Waals surface area contributed by atoms with Gasteiger partial charge in [0.05, 0.1) is 7.11 Å². The van der Waals surface area contributed by atoms with Crippen LogP contribution in [0.15, 0.2) is 29.2 Å². The van der Waals surface area contributed by atoms with Gasteiger partial charge in [0.25, 0.3) is 0 Å². The molecule has 0 atom stereocenters. The molecule has 0 spiro atoms. The van der Waals surface area contributed by atoms with Crippen molar-refractivity contribution in [2.75, 3.05) is 26.1 Å². The average molecular weight is 183 g/mol. The Morgan fingerprint density at radius 1 is 1.17 bits per heavy atom. The van der Waals surface area contributed by atoms with Crippen LogP contribution in [0.4, 0.5) is 5.69 Å². The highest BCUT2D eigenvalue weighted by molar-refractivity contribution is 7.94. The van der Waals surface area contributed by atoms with Crippen molar-refractivity contribution in [3.63, 3.8) is 0 Å². The van der Waals surface area contributed by atoms with Crippen LogP contribution in [0, 0.1) is 0 Å². The second-order valence-corrected chi connectivity index (χ2v) is 3.61. The zero-order valence-corrected chi connectivity index (χ0v) is 8.39. The Morgan fingerprint density at radius 3 is 2.17 bits per heavy atom. The van der Waals surface area contributed by atoms with Gasteiger partial charge in [-0.3, -0.25) is 0 Å².